The molecule has 1 saturated carbocycles. The van der Waals surface area contributed by atoms with Gasteiger partial charge in [-0.25, -0.2) is 4.79 Å². The molecule has 0 radical (unpaired) electrons. The SMILES string of the molecule is C=C(C)C(=O)NC1CCC(OC(=O)/C=C/c2ccc(OCCCCCCC)cc2)CC1. The van der Waals surface area contributed by atoms with E-state index in [9.17, 15) is 9.59 Å². The zero-order valence-corrected chi connectivity index (χ0v) is 19.0. The molecule has 31 heavy (non-hydrogen) atoms. The molecule has 1 aliphatic carbocycles. The van der Waals surface area contributed by atoms with E-state index in [2.05, 4.69) is 18.8 Å². The summed E-state index contributed by atoms with van der Waals surface area (Å²) in [6.07, 6.45) is 12.4. The van der Waals surface area contributed by atoms with Crippen molar-refractivity contribution in [3.05, 3.63) is 48.1 Å². The monoisotopic (exact) mass is 427 g/mol. The molecular formula is C26H37NO4. The zero-order valence-electron chi connectivity index (χ0n) is 19.0. The second-order valence-corrected chi connectivity index (χ2v) is 8.33. The fourth-order valence-corrected chi connectivity index (χ4v) is 3.57. The zero-order chi connectivity index (χ0) is 22.5. The standard InChI is InChI=1S/C26H37NO4/c1-4-5-6-7-8-19-30-23-14-9-21(10-15-23)11-18-25(28)31-24-16-12-22(13-17-24)27-26(29)20(2)3/h9-11,14-15,18,22,24H,2,4-8,12-13,16-17,19H2,1,3H3,(H,27,29)/b18-11+. The third-order valence-electron chi connectivity index (χ3n) is 5.49. The maximum atomic E-state index is 12.1. The van der Waals surface area contributed by atoms with E-state index in [1.165, 1.54) is 31.8 Å². The van der Waals surface area contributed by atoms with E-state index in [0.29, 0.717) is 5.57 Å². The minimum Gasteiger partial charge on any atom is -0.494 e. The van der Waals surface area contributed by atoms with Gasteiger partial charge in [0, 0.05) is 17.7 Å². The Morgan fingerprint density at radius 2 is 1.74 bits per heavy atom. The second kappa shape index (κ2) is 13.7. The molecule has 0 unspecified atom stereocenters. The Morgan fingerprint density at radius 3 is 2.39 bits per heavy atom. The molecule has 1 aromatic carbocycles. The first-order valence-electron chi connectivity index (χ1n) is 11.6. The Morgan fingerprint density at radius 1 is 1.06 bits per heavy atom. The van der Waals surface area contributed by atoms with Crippen LogP contribution in [0.15, 0.2) is 42.5 Å². The summed E-state index contributed by atoms with van der Waals surface area (Å²) in [5.74, 6) is 0.416. The van der Waals surface area contributed by atoms with Crippen LogP contribution in [0.3, 0.4) is 0 Å². The summed E-state index contributed by atoms with van der Waals surface area (Å²) in [5, 5.41) is 2.96. The van der Waals surface area contributed by atoms with E-state index in [0.717, 1.165) is 50.0 Å². The Balaban J connectivity index is 1.66. The third-order valence-corrected chi connectivity index (χ3v) is 5.49. The number of carbonyl (C=O) groups is 2. The molecule has 0 saturated heterocycles. The number of nitrogens with one attached hydrogen (secondary N) is 1. The molecule has 0 aliphatic heterocycles. The van der Waals surface area contributed by atoms with Gasteiger partial charge in [0.15, 0.2) is 0 Å². The van der Waals surface area contributed by atoms with Crippen molar-refractivity contribution in [3.63, 3.8) is 0 Å². The molecule has 0 heterocycles. The minimum atomic E-state index is -0.332. The number of hydrogen-bond acceptors (Lipinski definition) is 4. The Bertz CT molecular complexity index is 730. The largest absolute Gasteiger partial charge is 0.494 e. The van der Waals surface area contributed by atoms with Crippen molar-refractivity contribution < 1.29 is 19.1 Å². The van der Waals surface area contributed by atoms with E-state index in [4.69, 9.17) is 9.47 Å². The highest BCUT2D eigenvalue weighted by Gasteiger charge is 2.24. The van der Waals surface area contributed by atoms with Crippen LogP contribution >= 0.6 is 0 Å². The molecule has 1 N–H and O–H groups in total. The molecule has 1 aliphatic rings. The first kappa shape index (κ1) is 24.7. The van der Waals surface area contributed by atoms with Crippen molar-refractivity contribution in [2.45, 2.75) is 83.8 Å². The van der Waals surface area contributed by atoms with E-state index in [1.54, 1.807) is 13.0 Å². The van der Waals surface area contributed by atoms with Gasteiger partial charge < -0.3 is 14.8 Å². The van der Waals surface area contributed by atoms with Gasteiger partial charge >= 0.3 is 5.97 Å². The minimum absolute atomic E-state index is 0.0942. The molecule has 170 valence electrons. The molecule has 5 heteroatoms. The van der Waals surface area contributed by atoms with Crippen molar-refractivity contribution in [2.24, 2.45) is 0 Å². The fourth-order valence-electron chi connectivity index (χ4n) is 3.57. The molecule has 5 nitrogen and oxygen atoms in total. The van der Waals surface area contributed by atoms with E-state index < -0.39 is 0 Å². The molecule has 0 bridgehead atoms. The van der Waals surface area contributed by atoms with Crippen molar-refractivity contribution in [1.82, 2.24) is 5.32 Å². The number of esters is 1. The number of benzene rings is 1. The van der Waals surface area contributed by atoms with Crippen LogP contribution in [0.5, 0.6) is 5.75 Å². The molecule has 1 fully saturated rings. The van der Waals surface area contributed by atoms with Crippen LogP contribution in [0.1, 0.15) is 77.2 Å². The number of carbonyl (C=O) groups excluding carboxylic acids is 2. The van der Waals surface area contributed by atoms with Crippen molar-refractivity contribution in [3.8, 4) is 5.75 Å². The molecule has 0 aromatic heterocycles. The van der Waals surface area contributed by atoms with Gasteiger partial charge in [-0.15, -0.1) is 0 Å². The highest BCUT2D eigenvalue weighted by atomic mass is 16.5. The van der Waals surface area contributed by atoms with Crippen LogP contribution in [0.4, 0.5) is 0 Å². The van der Waals surface area contributed by atoms with Gasteiger partial charge in [0.05, 0.1) is 6.61 Å². The average molecular weight is 428 g/mol. The van der Waals surface area contributed by atoms with Crippen LogP contribution in [-0.2, 0) is 14.3 Å². The van der Waals surface area contributed by atoms with Gasteiger partial charge in [0.25, 0.3) is 0 Å². The van der Waals surface area contributed by atoms with Gasteiger partial charge in [-0.05, 0) is 62.8 Å². The summed E-state index contributed by atoms with van der Waals surface area (Å²) in [6, 6.07) is 7.86. The lowest BCUT2D eigenvalue weighted by Gasteiger charge is -2.28. The van der Waals surface area contributed by atoms with Crippen LogP contribution in [-0.4, -0.2) is 30.6 Å². The van der Waals surface area contributed by atoms with Crippen molar-refractivity contribution in [2.75, 3.05) is 6.61 Å². The molecule has 0 spiro atoms. The van der Waals surface area contributed by atoms with E-state index in [1.807, 2.05) is 24.3 Å². The van der Waals surface area contributed by atoms with Gasteiger partial charge in [-0.1, -0.05) is 51.3 Å². The molecule has 2 rings (SSSR count). The summed E-state index contributed by atoms with van der Waals surface area (Å²) < 4.78 is 11.3. The van der Waals surface area contributed by atoms with Crippen LogP contribution in [0.25, 0.3) is 6.08 Å². The Labute approximate surface area is 186 Å². The quantitative estimate of drug-likeness (QED) is 0.268. The summed E-state index contributed by atoms with van der Waals surface area (Å²) in [4.78, 5) is 23.8. The summed E-state index contributed by atoms with van der Waals surface area (Å²) in [7, 11) is 0. The van der Waals surface area contributed by atoms with Gasteiger partial charge in [-0.3, -0.25) is 4.79 Å². The smallest absolute Gasteiger partial charge is 0.331 e. The normalized spacial score (nSPS) is 18.5. The van der Waals surface area contributed by atoms with Crippen molar-refractivity contribution in [1.29, 1.82) is 0 Å². The van der Waals surface area contributed by atoms with E-state index >= 15 is 0 Å². The topological polar surface area (TPSA) is 64.6 Å². The van der Waals surface area contributed by atoms with Gasteiger partial charge in [-0.2, -0.15) is 0 Å². The number of amides is 1. The highest BCUT2D eigenvalue weighted by molar-refractivity contribution is 5.92. The maximum absolute atomic E-state index is 12.1. The van der Waals surface area contributed by atoms with Gasteiger partial charge in [0.1, 0.15) is 11.9 Å². The summed E-state index contributed by atoms with van der Waals surface area (Å²) in [5.41, 5.74) is 1.44. The van der Waals surface area contributed by atoms with Crippen LogP contribution in [0, 0.1) is 0 Å². The molecule has 1 aromatic rings. The first-order valence-corrected chi connectivity index (χ1v) is 11.6. The molecular weight excluding hydrogens is 390 g/mol. The maximum Gasteiger partial charge on any atom is 0.331 e. The Hall–Kier alpha value is -2.56. The van der Waals surface area contributed by atoms with Gasteiger partial charge in [0.2, 0.25) is 5.91 Å². The molecule has 1 amide bonds. The van der Waals surface area contributed by atoms with Crippen LogP contribution < -0.4 is 10.1 Å². The third kappa shape index (κ3) is 9.86. The average Bonchev–Trinajstić information content (AvgIpc) is 2.77. The number of rotatable bonds is 12. The highest BCUT2D eigenvalue weighted by Crippen LogP contribution is 2.22. The lowest BCUT2D eigenvalue weighted by Crippen LogP contribution is -2.39. The predicted molar refractivity (Wildman–Crippen MR) is 125 cm³/mol. The molecule has 0 atom stereocenters. The number of unbranched alkanes of at least 4 members (excludes halogenated alkanes) is 4. The number of ether oxygens (including phenoxy) is 2. The van der Waals surface area contributed by atoms with Crippen LogP contribution in [0.2, 0.25) is 0 Å². The summed E-state index contributed by atoms with van der Waals surface area (Å²) >= 11 is 0. The Kier molecular flexibility index (Phi) is 10.9. The predicted octanol–water partition coefficient (Wildman–Crippen LogP) is 5.60. The first-order chi connectivity index (χ1) is 15.0. The van der Waals surface area contributed by atoms with Crippen molar-refractivity contribution >= 4 is 18.0 Å². The second-order valence-electron chi connectivity index (χ2n) is 8.33. The summed E-state index contributed by atoms with van der Waals surface area (Å²) in [6.45, 7) is 8.31. The lowest BCUT2D eigenvalue weighted by molar-refractivity contribution is -0.144. The lowest BCUT2D eigenvalue weighted by atomic mass is 9.92. The number of hydrogen-bond donors (Lipinski definition) is 1. The fraction of sp³-hybridized carbons (Fsp3) is 0.538. The van der Waals surface area contributed by atoms with E-state index in [-0.39, 0.29) is 24.0 Å².